The van der Waals surface area contributed by atoms with Crippen LogP contribution in [0.4, 0.5) is 5.82 Å². The molecule has 2 aromatic heterocycles. The van der Waals surface area contributed by atoms with Gasteiger partial charge in [-0.2, -0.15) is 0 Å². The van der Waals surface area contributed by atoms with E-state index in [9.17, 15) is 14.4 Å². The van der Waals surface area contributed by atoms with E-state index in [4.69, 9.17) is 10.2 Å². The lowest BCUT2D eigenvalue weighted by Crippen LogP contribution is -2.13. The number of carbonyl (C=O) groups is 3. The van der Waals surface area contributed by atoms with Crippen LogP contribution in [0.15, 0.2) is 41.7 Å². The molecule has 0 aliphatic carbocycles. The summed E-state index contributed by atoms with van der Waals surface area (Å²) < 4.78 is 0. The van der Waals surface area contributed by atoms with Gasteiger partial charge < -0.3 is 15.5 Å². The average molecular weight is 405 g/mol. The molecule has 2 heterocycles. The highest BCUT2D eigenvalue weighted by atomic mass is 32.2. The predicted molar refractivity (Wildman–Crippen MR) is 107 cm³/mol. The zero-order valence-electron chi connectivity index (χ0n) is 15.7. The Hall–Kier alpha value is -2.94. The zero-order valence-corrected chi connectivity index (χ0v) is 16.5. The number of aromatic carboxylic acids is 1. The standard InChI is InChI=1S/C11H14N2O3.C8H9NO2S/c1-8-4-3-7-12-11(8)13-9(14)5-2-6-10(15)16;1-2-12-7-6(8(10)11)4-3-5-9-7/h3-4,7H,2,5-6H2,1H3,(H,15,16)(H,12,13,14);3-5H,2H2,1H3,(H,10,11). The van der Waals surface area contributed by atoms with Gasteiger partial charge in [0, 0.05) is 25.2 Å². The predicted octanol–water partition coefficient (Wildman–Crippen LogP) is 3.48. The highest BCUT2D eigenvalue weighted by Crippen LogP contribution is 2.18. The number of carbonyl (C=O) groups excluding carboxylic acids is 1. The molecule has 0 saturated heterocycles. The van der Waals surface area contributed by atoms with Crippen molar-refractivity contribution in [2.24, 2.45) is 0 Å². The summed E-state index contributed by atoms with van der Waals surface area (Å²) in [5.41, 5.74) is 1.17. The van der Waals surface area contributed by atoms with Gasteiger partial charge in [0.1, 0.15) is 10.8 Å². The topological polar surface area (TPSA) is 129 Å². The molecule has 2 aromatic rings. The molecule has 0 aromatic carbocycles. The summed E-state index contributed by atoms with van der Waals surface area (Å²) in [7, 11) is 0. The van der Waals surface area contributed by atoms with Crippen molar-refractivity contribution < 1.29 is 24.6 Å². The third kappa shape index (κ3) is 8.63. The fourth-order valence-corrected chi connectivity index (χ4v) is 2.74. The van der Waals surface area contributed by atoms with Crippen LogP contribution in [-0.4, -0.2) is 43.8 Å². The van der Waals surface area contributed by atoms with Crippen molar-refractivity contribution in [2.75, 3.05) is 11.1 Å². The second-order valence-corrected chi connectivity index (χ2v) is 6.81. The van der Waals surface area contributed by atoms with Crippen molar-refractivity contribution in [2.45, 2.75) is 38.1 Å². The summed E-state index contributed by atoms with van der Waals surface area (Å²) in [5.74, 6) is -0.649. The van der Waals surface area contributed by atoms with Crippen LogP contribution in [0.3, 0.4) is 0 Å². The van der Waals surface area contributed by atoms with Gasteiger partial charge in [0.25, 0.3) is 0 Å². The van der Waals surface area contributed by atoms with Gasteiger partial charge in [0.05, 0.1) is 5.56 Å². The molecular weight excluding hydrogens is 382 g/mol. The Kier molecular flexibility index (Phi) is 10.3. The molecule has 0 spiro atoms. The van der Waals surface area contributed by atoms with Crippen LogP contribution in [0.2, 0.25) is 0 Å². The monoisotopic (exact) mass is 405 g/mol. The van der Waals surface area contributed by atoms with Crippen LogP contribution < -0.4 is 5.32 Å². The first-order valence-electron chi connectivity index (χ1n) is 8.59. The molecule has 0 aliphatic rings. The minimum Gasteiger partial charge on any atom is -0.481 e. The van der Waals surface area contributed by atoms with Gasteiger partial charge in [0.15, 0.2) is 0 Å². The number of nitrogens with zero attached hydrogens (tertiary/aromatic N) is 2. The molecule has 2 rings (SSSR count). The Labute approximate surface area is 167 Å². The molecule has 1 amide bonds. The van der Waals surface area contributed by atoms with Crippen molar-refractivity contribution in [3.63, 3.8) is 0 Å². The number of aromatic nitrogens is 2. The van der Waals surface area contributed by atoms with Crippen LogP contribution in [-0.2, 0) is 9.59 Å². The number of carboxylic acids is 2. The van der Waals surface area contributed by atoms with E-state index in [1.165, 1.54) is 11.8 Å². The molecule has 28 heavy (non-hydrogen) atoms. The normalized spacial score (nSPS) is 9.79. The number of aliphatic carboxylic acids is 1. The van der Waals surface area contributed by atoms with Gasteiger partial charge in [-0.25, -0.2) is 14.8 Å². The van der Waals surface area contributed by atoms with Crippen molar-refractivity contribution in [1.29, 1.82) is 0 Å². The molecule has 0 aliphatic heterocycles. The number of thioether (sulfide) groups is 1. The molecule has 3 N–H and O–H groups in total. The SMILES string of the molecule is CCSc1ncccc1C(=O)O.Cc1cccnc1NC(=O)CCCC(=O)O. The lowest BCUT2D eigenvalue weighted by Gasteiger charge is -2.05. The fraction of sp³-hybridized carbons (Fsp3) is 0.316. The number of anilines is 1. The van der Waals surface area contributed by atoms with Crippen LogP contribution >= 0.6 is 11.8 Å². The van der Waals surface area contributed by atoms with Gasteiger partial charge in [-0.3, -0.25) is 9.59 Å². The first kappa shape index (κ1) is 23.1. The lowest BCUT2D eigenvalue weighted by molar-refractivity contribution is -0.137. The first-order chi connectivity index (χ1) is 13.3. The van der Waals surface area contributed by atoms with Crippen molar-refractivity contribution >= 4 is 35.4 Å². The van der Waals surface area contributed by atoms with Crippen LogP contribution in [0.1, 0.15) is 42.1 Å². The van der Waals surface area contributed by atoms with Crippen LogP contribution in [0.5, 0.6) is 0 Å². The van der Waals surface area contributed by atoms with Crippen molar-refractivity contribution in [1.82, 2.24) is 9.97 Å². The number of hydrogen-bond donors (Lipinski definition) is 3. The van der Waals surface area contributed by atoms with E-state index in [0.29, 0.717) is 17.3 Å². The van der Waals surface area contributed by atoms with Crippen LogP contribution in [0.25, 0.3) is 0 Å². The largest absolute Gasteiger partial charge is 0.481 e. The highest BCUT2D eigenvalue weighted by molar-refractivity contribution is 7.99. The number of rotatable bonds is 8. The molecule has 150 valence electrons. The summed E-state index contributed by atoms with van der Waals surface area (Å²) in [5, 5.41) is 20.4. The third-order valence-corrected chi connectivity index (χ3v) is 4.23. The molecule has 8 nitrogen and oxygen atoms in total. The molecule has 0 unspecified atom stereocenters. The van der Waals surface area contributed by atoms with Gasteiger partial charge >= 0.3 is 11.9 Å². The Morgan fingerprint density at radius 2 is 1.75 bits per heavy atom. The summed E-state index contributed by atoms with van der Waals surface area (Å²) in [4.78, 5) is 40.3. The number of nitrogens with one attached hydrogen (secondary N) is 1. The Balaban J connectivity index is 0.000000292. The molecule has 0 radical (unpaired) electrons. The number of amides is 1. The number of carboxylic acid groups (broad SMARTS) is 2. The van der Waals surface area contributed by atoms with E-state index in [2.05, 4.69) is 15.3 Å². The molecular formula is C19H23N3O5S. The second kappa shape index (κ2) is 12.4. The van der Waals surface area contributed by atoms with E-state index >= 15 is 0 Å². The lowest BCUT2D eigenvalue weighted by atomic mass is 10.2. The second-order valence-electron chi connectivity index (χ2n) is 5.56. The average Bonchev–Trinajstić information content (AvgIpc) is 2.64. The van der Waals surface area contributed by atoms with Gasteiger partial charge in [-0.15, -0.1) is 11.8 Å². The number of aryl methyl sites for hydroxylation is 1. The first-order valence-corrected chi connectivity index (χ1v) is 9.58. The van der Waals surface area contributed by atoms with Gasteiger partial charge in [0.2, 0.25) is 5.91 Å². The van der Waals surface area contributed by atoms with E-state index < -0.39 is 11.9 Å². The highest BCUT2D eigenvalue weighted by Gasteiger charge is 2.09. The quantitative estimate of drug-likeness (QED) is 0.569. The number of hydrogen-bond acceptors (Lipinski definition) is 6. The van der Waals surface area contributed by atoms with Crippen molar-refractivity contribution in [3.05, 3.63) is 47.8 Å². The van der Waals surface area contributed by atoms with Crippen molar-refractivity contribution in [3.8, 4) is 0 Å². The molecule has 9 heteroatoms. The third-order valence-electron chi connectivity index (χ3n) is 3.34. The minimum absolute atomic E-state index is 0.00855. The summed E-state index contributed by atoms with van der Waals surface area (Å²) >= 11 is 1.44. The van der Waals surface area contributed by atoms with Gasteiger partial charge in [-0.05, 0) is 42.9 Å². The molecule has 0 atom stereocenters. The van der Waals surface area contributed by atoms with Crippen LogP contribution in [0, 0.1) is 6.92 Å². The van der Waals surface area contributed by atoms with E-state index in [0.717, 1.165) is 11.3 Å². The van der Waals surface area contributed by atoms with E-state index in [1.807, 2.05) is 19.9 Å². The fourth-order valence-electron chi connectivity index (χ4n) is 2.02. The maximum absolute atomic E-state index is 11.4. The maximum Gasteiger partial charge on any atom is 0.338 e. The minimum atomic E-state index is -0.918. The zero-order chi connectivity index (χ0) is 20.9. The Morgan fingerprint density at radius 3 is 2.36 bits per heavy atom. The Bertz CT molecular complexity index is 814. The molecule has 0 fully saturated rings. The number of pyridine rings is 2. The van der Waals surface area contributed by atoms with E-state index in [1.54, 1.807) is 30.6 Å². The molecule has 0 bridgehead atoms. The maximum atomic E-state index is 11.4. The smallest absolute Gasteiger partial charge is 0.338 e. The molecule has 0 saturated carbocycles. The Morgan fingerprint density at radius 1 is 1.07 bits per heavy atom. The summed E-state index contributed by atoms with van der Waals surface area (Å²) in [6, 6.07) is 6.83. The van der Waals surface area contributed by atoms with E-state index in [-0.39, 0.29) is 24.3 Å². The summed E-state index contributed by atoms with van der Waals surface area (Å²) in [6.07, 6.45) is 3.74. The van der Waals surface area contributed by atoms with Gasteiger partial charge in [-0.1, -0.05) is 13.0 Å². The summed E-state index contributed by atoms with van der Waals surface area (Å²) in [6.45, 7) is 3.81.